The molecular weight excluding hydrogens is 492 g/mol. The minimum absolute atomic E-state index is 0.0310. The van der Waals surface area contributed by atoms with Crippen LogP contribution in [0.3, 0.4) is 0 Å². The van der Waals surface area contributed by atoms with Crippen LogP contribution >= 0.6 is 27.3 Å². The lowest BCUT2D eigenvalue weighted by Gasteiger charge is -2.24. The number of Topliss-reactive ketones (excluding diaryl/α,β-unsaturated/α-hetero) is 1. The number of fused-ring (bicyclic) bond motifs is 1. The Bertz CT molecular complexity index is 1390. The molecule has 1 N–H and O–H groups in total. The maximum atomic E-state index is 13.2. The van der Waals surface area contributed by atoms with Crippen molar-refractivity contribution < 1.29 is 19.1 Å². The van der Waals surface area contributed by atoms with Gasteiger partial charge in [-0.2, -0.15) is 0 Å². The van der Waals surface area contributed by atoms with Crippen LogP contribution in [0.25, 0.3) is 10.2 Å². The highest BCUT2D eigenvalue weighted by molar-refractivity contribution is 9.10. The van der Waals surface area contributed by atoms with Crippen LogP contribution in [-0.4, -0.2) is 21.8 Å². The summed E-state index contributed by atoms with van der Waals surface area (Å²) in [5.41, 5.74) is 2.56. The monoisotopic (exact) mass is 508 g/mol. The highest BCUT2D eigenvalue weighted by Crippen LogP contribution is 2.44. The van der Waals surface area contributed by atoms with Crippen LogP contribution in [0, 0.1) is 0 Å². The van der Waals surface area contributed by atoms with E-state index in [2.05, 4.69) is 27.8 Å². The van der Waals surface area contributed by atoms with Gasteiger partial charge in [0.2, 0.25) is 5.78 Å². The summed E-state index contributed by atoms with van der Waals surface area (Å²) in [6, 6.07) is 15.5. The quantitative estimate of drug-likeness (QED) is 0.334. The van der Waals surface area contributed by atoms with Crippen molar-refractivity contribution in [3.63, 3.8) is 0 Å². The summed E-state index contributed by atoms with van der Waals surface area (Å²) in [6.45, 7) is 2.07. The van der Waals surface area contributed by atoms with Crippen molar-refractivity contribution in [1.82, 2.24) is 4.98 Å². The molecule has 3 heterocycles. The van der Waals surface area contributed by atoms with Crippen LogP contribution < -0.4 is 4.90 Å². The van der Waals surface area contributed by atoms with Gasteiger partial charge >= 0.3 is 0 Å². The van der Waals surface area contributed by atoms with Crippen LogP contribution in [0.4, 0.5) is 5.13 Å². The van der Waals surface area contributed by atoms with E-state index in [4.69, 9.17) is 4.42 Å². The summed E-state index contributed by atoms with van der Waals surface area (Å²) >= 11 is 4.81. The first-order valence-electron chi connectivity index (χ1n) is 9.97. The molecule has 0 radical (unpaired) electrons. The zero-order chi connectivity index (χ0) is 22.4. The summed E-state index contributed by atoms with van der Waals surface area (Å²) in [5.74, 6) is -1.75. The number of thiazole rings is 1. The van der Waals surface area contributed by atoms with E-state index < -0.39 is 23.5 Å². The second-order valence-corrected chi connectivity index (χ2v) is 9.28. The third-order valence-corrected chi connectivity index (χ3v) is 6.93. The van der Waals surface area contributed by atoms with Crippen LogP contribution in [0.1, 0.15) is 34.6 Å². The zero-order valence-electron chi connectivity index (χ0n) is 16.9. The van der Waals surface area contributed by atoms with Gasteiger partial charge in [0.05, 0.1) is 28.1 Å². The van der Waals surface area contributed by atoms with Crippen molar-refractivity contribution in [2.45, 2.75) is 19.4 Å². The molecule has 2 aromatic carbocycles. The standard InChI is InChI=1S/C24H17BrN2O4S/c1-2-13-8-9-16-18(11-13)32-24(26-16)27-20(14-5-3-6-15(25)12-14)19(22(29)23(27)30)21(28)17-7-4-10-31-17/h3-12,20,29H,2H2,1H3/t20-/m0/s1. The molecule has 32 heavy (non-hydrogen) atoms. The number of aliphatic hydroxyl groups excluding tert-OH is 1. The summed E-state index contributed by atoms with van der Waals surface area (Å²) in [7, 11) is 0. The van der Waals surface area contributed by atoms with Crippen molar-refractivity contribution in [3.05, 3.63) is 93.6 Å². The summed E-state index contributed by atoms with van der Waals surface area (Å²) in [6.07, 6.45) is 2.27. The Balaban J connectivity index is 1.68. The van der Waals surface area contributed by atoms with Gasteiger partial charge in [-0.1, -0.05) is 52.4 Å². The molecule has 0 saturated heterocycles. The van der Waals surface area contributed by atoms with E-state index >= 15 is 0 Å². The Kier molecular flexibility index (Phi) is 5.19. The maximum absolute atomic E-state index is 13.2. The molecule has 2 aromatic heterocycles. The molecule has 0 spiro atoms. The van der Waals surface area contributed by atoms with Crippen LogP contribution in [-0.2, 0) is 11.2 Å². The lowest BCUT2D eigenvalue weighted by Crippen LogP contribution is -2.30. The normalized spacial score (nSPS) is 16.4. The molecule has 0 aliphatic carbocycles. The first-order chi connectivity index (χ1) is 15.5. The van der Waals surface area contributed by atoms with Crippen LogP contribution in [0.15, 0.2) is 81.1 Å². The number of nitrogens with zero attached hydrogens (tertiary/aromatic N) is 2. The number of aliphatic hydroxyl groups is 1. The molecule has 6 nitrogen and oxygen atoms in total. The number of anilines is 1. The summed E-state index contributed by atoms with van der Waals surface area (Å²) < 4.78 is 6.99. The van der Waals surface area contributed by atoms with Gasteiger partial charge in [-0.3, -0.25) is 14.5 Å². The number of hydrogen-bond acceptors (Lipinski definition) is 6. The largest absolute Gasteiger partial charge is 0.503 e. The number of halogens is 1. The number of benzene rings is 2. The first kappa shape index (κ1) is 20.7. The number of aromatic nitrogens is 1. The topological polar surface area (TPSA) is 83.6 Å². The third-order valence-electron chi connectivity index (χ3n) is 5.42. The fourth-order valence-corrected chi connectivity index (χ4v) is 5.32. The summed E-state index contributed by atoms with van der Waals surface area (Å²) in [5, 5.41) is 11.2. The van der Waals surface area contributed by atoms with Gasteiger partial charge in [0.25, 0.3) is 5.91 Å². The Labute approximate surface area is 195 Å². The van der Waals surface area contributed by atoms with Gasteiger partial charge in [0, 0.05) is 4.47 Å². The van der Waals surface area contributed by atoms with E-state index in [9.17, 15) is 14.7 Å². The lowest BCUT2D eigenvalue weighted by atomic mass is 9.95. The average molecular weight is 509 g/mol. The number of hydrogen-bond donors (Lipinski definition) is 1. The minimum Gasteiger partial charge on any atom is -0.503 e. The molecule has 1 aliphatic heterocycles. The molecule has 1 amide bonds. The number of amides is 1. The van der Waals surface area contributed by atoms with E-state index in [1.165, 1.54) is 34.1 Å². The SMILES string of the molecule is CCc1ccc2nc(N3C(=O)C(O)=C(C(=O)c4ccco4)[C@@H]3c3cccc(Br)c3)sc2c1. The molecular formula is C24H17BrN2O4S. The van der Waals surface area contributed by atoms with E-state index in [1.54, 1.807) is 6.07 Å². The van der Waals surface area contributed by atoms with E-state index in [1.807, 2.05) is 42.5 Å². The predicted molar refractivity (Wildman–Crippen MR) is 126 cm³/mol. The number of furan rings is 1. The third kappa shape index (κ3) is 3.36. The van der Waals surface area contributed by atoms with Crippen molar-refractivity contribution in [2.24, 2.45) is 0 Å². The highest BCUT2D eigenvalue weighted by atomic mass is 79.9. The Hall–Kier alpha value is -3.23. The second-order valence-electron chi connectivity index (χ2n) is 7.35. The fourth-order valence-electron chi connectivity index (χ4n) is 3.85. The van der Waals surface area contributed by atoms with Crippen LogP contribution in [0.2, 0.25) is 0 Å². The molecule has 1 aliphatic rings. The number of carbonyl (C=O) groups excluding carboxylic acids is 2. The summed E-state index contributed by atoms with van der Waals surface area (Å²) in [4.78, 5) is 32.5. The molecule has 0 fully saturated rings. The van der Waals surface area contributed by atoms with E-state index in [0.29, 0.717) is 10.7 Å². The number of ketones is 1. The zero-order valence-corrected chi connectivity index (χ0v) is 19.3. The molecule has 0 unspecified atom stereocenters. The Morgan fingerprint density at radius 1 is 1.22 bits per heavy atom. The number of carbonyl (C=O) groups is 2. The molecule has 0 bridgehead atoms. The second kappa shape index (κ2) is 8.03. The molecule has 160 valence electrons. The van der Waals surface area contributed by atoms with Gasteiger partial charge in [-0.05, 0) is 53.9 Å². The van der Waals surface area contributed by atoms with Crippen molar-refractivity contribution in [1.29, 1.82) is 0 Å². The van der Waals surface area contributed by atoms with Gasteiger partial charge in [-0.25, -0.2) is 4.98 Å². The number of rotatable bonds is 5. The van der Waals surface area contributed by atoms with Gasteiger partial charge in [-0.15, -0.1) is 0 Å². The van der Waals surface area contributed by atoms with Crippen molar-refractivity contribution >= 4 is 54.3 Å². The Morgan fingerprint density at radius 3 is 2.78 bits per heavy atom. The average Bonchev–Trinajstić information content (AvgIpc) is 3.51. The number of aryl methyl sites for hydroxylation is 1. The molecule has 5 rings (SSSR count). The minimum atomic E-state index is -0.844. The van der Waals surface area contributed by atoms with Crippen LogP contribution in [0.5, 0.6) is 0 Å². The molecule has 0 saturated carbocycles. The smallest absolute Gasteiger partial charge is 0.296 e. The highest BCUT2D eigenvalue weighted by Gasteiger charge is 2.46. The van der Waals surface area contributed by atoms with E-state index in [0.717, 1.165) is 21.1 Å². The predicted octanol–water partition coefficient (Wildman–Crippen LogP) is 6.00. The Morgan fingerprint density at radius 2 is 2.06 bits per heavy atom. The van der Waals surface area contributed by atoms with Gasteiger partial charge in [0.15, 0.2) is 16.7 Å². The van der Waals surface area contributed by atoms with E-state index in [-0.39, 0.29) is 11.3 Å². The molecule has 4 aromatic rings. The maximum Gasteiger partial charge on any atom is 0.296 e. The van der Waals surface area contributed by atoms with Crippen molar-refractivity contribution in [3.8, 4) is 0 Å². The van der Waals surface area contributed by atoms with Crippen molar-refractivity contribution in [2.75, 3.05) is 4.90 Å². The lowest BCUT2D eigenvalue weighted by molar-refractivity contribution is -0.117. The first-order valence-corrected chi connectivity index (χ1v) is 11.6. The fraction of sp³-hybridized carbons (Fsp3) is 0.125. The van der Waals surface area contributed by atoms with Gasteiger partial charge < -0.3 is 9.52 Å². The van der Waals surface area contributed by atoms with Gasteiger partial charge in [0.1, 0.15) is 0 Å². The molecule has 1 atom stereocenters. The molecule has 8 heteroatoms.